The maximum atomic E-state index is 14.2. The van der Waals surface area contributed by atoms with Crippen LogP contribution in [0.1, 0.15) is 102 Å². The molecule has 2 aliphatic carbocycles. The number of likely N-dealkylation sites (tertiary alicyclic amines) is 1. The summed E-state index contributed by atoms with van der Waals surface area (Å²) in [4.78, 5) is 54.9. The van der Waals surface area contributed by atoms with E-state index in [1.807, 2.05) is 6.92 Å². The second-order valence-electron chi connectivity index (χ2n) is 15.2. The zero-order valence-electron chi connectivity index (χ0n) is 30.1. The Morgan fingerprint density at radius 3 is 2.36 bits per heavy atom. The predicted octanol–water partition coefficient (Wildman–Crippen LogP) is 7.03. The first-order valence-electron chi connectivity index (χ1n) is 18.3. The van der Waals surface area contributed by atoms with Crippen LogP contribution in [-0.4, -0.2) is 79.5 Å². The first-order chi connectivity index (χ1) is 23.9. The van der Waals surface area contributed by atoms with Gasteiger partial charge in [0.15, 0.2) is 0 Å². The van der Waals surface area contributed by atoms with Gasteiger partial charge in [0.2, 0.25) is 17.6 Å². The standard InChI is InChI=1S/C38H54FN3O8/c1-6-19-48-36(45)32-21-26-20-27(13-16-31(26)49-32)40-34(43)33-29(23-11-14-28(47-5)15-12-23)17-18-42(33)35(44)25-9-7-24(8-10-25)30(22-39)41-37(46)50-38(2,3)4/h13,16,20-21,23-25,28-30,33H,6-12,14-15,17-19,22H2,1-5H3,(H,40,43)(H,41,46)/t23?,24?,25?,28?,29-,30+,33-/m0/s1. The summed E-state index contributed by atoms with van der Waals surface area (Å²) in [6.07, 6.45) is 7.06. The number of hydrogen-bond donors (Lipinski definition) is 2. The van der Waals surface area contributed by atoms with E-state index in [0.29, 0.717) is 67.8 Å². The van der Waals surface area contributed by atoms with Crippen LogP contribution in [-0.2, 0) is 23.8 Å². The van der Waals surface area contributed by atoms with E-state index in [1.165, 1.54) is 0 Å². The summed E-state index contributed by atoms with van der Waals surface area (Å²) in [6, 6.07) is 5.52. The van der Waals surface area contributed by atoms with Crippen LogP contribution < -0.4 is 10.6 Å². The minimum atomic E-state index is -0.710. The van der Waals surface area contributed by atoms with Gasteiger partial charge in [-0.2, -0.15) is 0 Å². The minimum absolute atomic E-state index is 0.0136. The number of hydrogen-bond acceptors (Lipinski definition) is 8. The fraction of sp³-hybridized carbons (Fsp3) is 0.684. The van der Waals surface area contributed by atoms with Crippen molar-refractivity contribution in [1.29, 1.82) is 0 Å². The van der Waals surface area contributed by atoms with Gasteiger partial charge in [-0.1, -0.05) is 6.92 Å². The quantitative estimate of drug-likeness (QED) is 0.239. The number of halogens is 1. The zero-order valence-corrected chi connectivity index (χ0v) is 30.1. The van der Waals surface area contributed by atoms with Crippen molar-refractivity contribution in [3.63, 3.8) is 0 Å². The lowest BCUT2D eigenvalue weighted by atomic mass is 9.75. The molecular weight excluding hydrogens is 645 g/mol. The van der Waals surface area contributed by atoms with Crippen LogP contribution in [0.5, 0.6) is 0 Å². The third-order valence-corrected chi connectivity index (χ3v) is 10.6. The molecule has 5 rings (SSSR count). The second-order valence-corrected chi connectivity index (χ2v) is 15.2. The van der Waals surface area contributed by atoms with E-state index in [4.69, 9.17) is 18.6 Å². The molecular formula is C38H54FN3O8. The number of ether oxygens (including phenoxy) is 3. The average molecular weight is 700 g/mol. The van der Waals surface area contributed by atoms with Crippen LogP contribution in [0.3, 0.4) is 0 Å². The number of furan rings is 1. The van der Waals surface area contributed by atoms with Crippen molar-refractivity contribution in [3.8, 4) is 0 Å². The number of nitrogens with one attached hydrogen (secondary N) is 2. The molecule has 11 nitrogen and oxygen atoms in total. The van der Waals surface area contributed by atoms with Crippen molar-refractivity contribution in [1.82, 2.24) is 10.2 Å². The normalized spacial score (nSPS) is 26.3. The van der Waals surface area contributed by atoms with Crippen LogP contribution in [0.25, 0.3) is 11.0 Å². The van der Waals surface area contributed by atoms with E-state index in [2.05, 4.69) is 10.6 Å². The molecule has 2 aromatic rings. The van der Waals surface area contributed by atoms with Gasteiger partial charge in [0.05, 0.1) is 18.8 Å². The van der Waals surface area contributed by atoms with Crippen LogP contribution in [0.4, 0.5) is 14.9 Å². The predicted molar refractivity (Wildman–Crippen MR) is 186 cm³/mol. The van der Waals surface area contributed by atoms with Crippen molar-refractivity contribution >= 4 is 40.5 Å². The van der Waals surface area contributed by atoms with Crippen molar-refractivity contribution in [2.45, 2.75) is 116 Å². The number of alkyl halides is 1. The molecule has 0 spiro atoms. The van der Waals surface area contributed by atoms with Crippen molar-refractivity contribution in [2.75, 3.05) is 32.3 Å². The van der Waals surface area contributed by atoms with Gasteiger partial charge in [0.1, 0.15) is 23.9 Å². The first-order valence-corrected chi connectivity index (χ1v) is 18.3. The smallest absolute Gasteiger partial charge is 0.407 e. The number of benzene rings is 1. The molecule has 276 valence electrons. The number of carbonyl (C=O) groups is 4. The summed E-state index contributed by atoms with van der Waals surface area (Å²) in [7, 11) is 1.74. The zero-order chi connectivity index (χ0) is 36.0. The Bertz CT molecular complexity index is 1490. The van der Waals surface area contributed by atoms with Crippen LogP contribution in [0.15, 0.2) is 28.7 Å². The van der Waals surface area contributed by atoms with Gasteiger partial charge in [-0.25, -0.2) is 14.0 Å². The highest BCUT2D eigenvalue weighted by Crippen LogP contribution is 2.42. The van der Waals surface area contributed by atoms with E-state index in [-0.39, 0.29) is 41.4 Å². The number of methoxy groups -OCH3 is 1. The largest absolute Gasteiger partial charge is 0.460 e. The highest BCUT2D eigenvalue weighted by molar-refractivity contribution is 6.00. The van der Waals surface area contributed by atoms with E-state index in [0.717, 1.165) is 32.1 Å². The number of alkyl carbamates (subject to hydrolysis) is 1. The monoisotopic (exact) mass is 699 g/mol. The number of esters is 1. The number of nitrogens with zero attached hydrogens (tertiary/aromatic N) is 1. The highest BCUT2D eigenvalue weighted by atomic mass is 19.1. The molecule has 2 N–H and O–H groups in total. The van der Waals surface area contributed by atoms with Gasteiger partial charge in [-0.15, -0.1) is 0 Å². The maximum Gasteiger partial charge on any atom is 0.407 e. The van der Waals surface area contributed by atoms with Gasteiger partial charge in [0.25, 0.3) is 0 Å². The van der Waals surface area contributed by atoms with Crippen LogP contribution in [0, 0.1) is 23.7 Å². The number of anilines is 1. The summed E-state index contributed by atoms with van der Waals surface area (Å²) in [6.45, 7) is 7.29. The molecule has 1 aliphatic heterocycles. The fourth-order valence-corrected chi connectivity index (χ4v) is 8.09. The molecule has 2 saturated carbocycles. The fourth-order valence-electron chi connectivity index (χ4n) is 8.09. The maximum absolute atomic E-state index is 14.2. The van der Waals surface area contributed by atoms with E-state index >= 15 is 0 Å². The lowest BCUT2D eigenvalue weighted by molar-refractivity contribution is -0.142. The van der Waals surface area contributed by atoms with Gasteiger partial charge < -0.3 is 34.2 Å². The van der Waals surface area contributed by atoms with Gasteiger partial charge >= 0.3 is 12.1 Å². The Labute approximate surface area is 294 Å². The molecule has 3 atom stereocenters. The molecule has 3 aliphatic rings. The van der Waals surface area contributed by atoms with Crippen molar-refractivity contribution in [2.24, 2.45) is 23.7 Å². The number of fused-ring (bicyclic) bond motifs is 1. The van der Waals surface area contributed by atoms with E-state index in [9.17, 15) is 23.6 Å². The van der Waals surface area contributed by atoms with Gasteiger partial charge in [0, 0.05) is 30.6 Å². The SMILES string of the molecule is CCCOC(=O)c1cc2cc(NC(=O)[C@@H]3[C@H](C4CCC(OC)CC4)CCN3C(=O)C3CCC([C@@H](CF)NC(=O)OC(C)(C)C)CC3)ccc2o1. The number of carbonyl (C=O) groups excluding carboxylic acids is 4. The molecule has 3 amide bonds. The summed E-state index contributed by atoms with van der Waals surface area (Å²) in [5.41, 5.74) is 0.366. The molecule has 2 heterocycles. The lowest BCUT2D eigenvalue weighted by Crippen LogP contribution is -2.50. The Hall–Kier alpha value is -3.67. The topological polar surface area (TPSA) is 136 Å². The third-order valence-electron chi connectivity index (χ3n) is 10.6. The summed E-state index contributed by atoms with van der Waals surface area (Å²) in [5, 5.41) is 6.43. The molecule has 3 fully saturated rings. The summed E-state index contributed by atoms with van der Waals surface area (Å²) in [5.74, 6) is -0.772. The molecule has 1 aromatic heterocycles. The summed E-state index contributed by atoms with van der Waals surface area (Å²) >= 11 is 0. The van der Waals surface area contributed by atoms with Gasteiger partial charge in [-0.3, -0.25) is 9.59 Å². The van der Waals surface area contributed by atoms with Gasteiger partial charge in [-0.05, 0) is 127 Å². The molecule has 1 aromatic carbocycles. The van der Waals surface area contributed by atoms with Crippen molar-refractivity contribution < 1.29 is 42.2 Å². The Morgan fingerprint density at radius 1 is 1.00 bits per heavy atom. The second kappa shape index (κ2) is 16.6. The molecule has 12 heteroatoms. The minimum Gasteiger partial charge on any atom is -0.460 e. The molecule has 0 bridgehead atoms. The number of rotatable bonds is 11. The molecule has 0 radical (unpaired) electrons. The van der Waals surface area contributed by atoms with E-state index < -0.39 is 36.4 Å². The Kier molecular flexibility index (Phi) is 12.5. The number of amides is 3. The highest BCUT2D eigenvalue weighted by Gasteiger charge is 2.47. The van der Waals surface area contributed by atoms with E-state index in [1.54, 1.807) is 57.0 Å². The summed E-state index contributed by atoms with van der Waals surface area (Å²) < 4.78 is 35.9. The molecule has 0 unspecified atom stereocenters. The van der Waals surface area contributed by atoms with Crippen LogP contribution >= 0.6 is 0 Å². The lowest BCUT2D eigenvalue weighted by Gasteiger charge is -2.38. The molecule has 1 saturated heterocycles. The van der Waals surface area contributed by atoms with Crippen LogP contribution in [0.2, 0.25) is 0 Å². The third kappa shape index (κ3) is 9.16. The molecule has 50 heavy (non-hydrogen) atoms. The van der Waals surface area contributed by atoms with Crippen molar-refractivity contribution in [3.05, 3.63) is 30.0 Å². The average Bonchev–Trinajstić information content (AvgIpc) is 3.74. The first kappa shape index (κ1) is 37.6. The Morgan fingerprint density at radius 2 is 1.72 bits per heavy atom. The Balaban J connectivity index is 1.28.